The number of halogens is 1. The van der Waals surface area contributed by atoms with Crippen LogP contribution in [0.25, 0.3) is 28.1 Å². The monoisotopic (exact) mass is 535 g/mol. The van der Waals surface area contributed by atoms with E-state index >= 15 is 0 Å². The number of nitrogens with zero attached hydrogens (tertiary/aromatic N) is 2. The molecule has 6 nitrogen and oxygen atoms in total. The van der Waals surface area contributed by atoms with Crippen LogP contribution in [0.2, 0.25) is 5.02 Å². The average Bonchev–Trinajstić information content (AvgIpc) is 3.28. The number of hydrogen-bond donors (Lipinski definition) is 1. The molecule has 0 bridgehead atoms. The van der Waals surface area contributed by atoms with Crippen molar-refractivity contribution in [2.75, 3.05) is 5.32 Å². The second-order valence-electron chi connectivity index (χ2n) is 9.20. The Labute approximate surface area is 231 Å². The Hall–Kier alpha value is -4.68. The predicted molar refractivity (Wildman–Crippen MR) is 155 cm³/mol. The summed E-state index contributed by atoms with van der Waals surface area (Å²) in [6, 6.07) is 30.0. The van der Waals surface area contributed by atoms with Gasteiger partial charge in [0.1, 0.15) is 5.69 Å². The molecule has 0 aliphatic carbocycles. The molecule has 5 rings (SSSR count). The number of nitrogens with one attached hydrogen (secondary N) is 1. The molecular weight excluding hydrogens is 510 g/mol. The molecule has 0 aliphatic heterocycles. The molecule has 1 amide bonds. The molecule has 5 aromatic rings. The number of hydrogen-bond acceptors (Lipinski definition) is 4. The van der Waals surface area contributed by atoms with Crippen LogP contribution in [-0.4, -0.2) is 21.7 Å². The van der Waals surface area contributed by atoms with Crippen LogP contribution < -0.4 is 10.1 Å². The summed E-state index contributed by atoms with van der Waals surface area (Å²) in [5, 5.41) is 8.22. The van der Waals surface area contributed by atoms with E-state index in [1.54, 1.807) is 41.1 Å². The van der Waals surface area contributed by atoms with Crippen LogP contribution >= 0.6 is 11.6 Å². The third-order valence-corrected chi connectivity index (χ3v) is 6.60. The van der Waals surface area contributed by atoms with Gasteiger partial charge in [-0.3, -0.25) is 9.59 Å². The normalized spacial score (nSPS) is 10.8. The van der Waals surface area contributed by atoms with Crippen molar-refractivity contribution in [2.24, 2.45) is 0 Å². The second-order valence-corrected chi connectivity index (χ2v) is 9.61. The first-order valence-electron chi connectivity index (χ1n) is 12.4. The van der Waals surface area contributed by atoms with Gasteiger partial charge >= 0.3 is 5.97 Å². The SMILES string of the molecule is CC(=O)Oc1c(-c2ccc(NC(=O)c3ccccc3Cl)cc2)c(-c2cccc(C)c2)nn1-c1ccccc1C. The van der Waals surface area contributed by atoms with Crippen molar-refractivity contribution in [2.45, 2.75) is 20.8 Å². The number of esters is 1. The van der Waals surface area contributed by atoms with Gasteiger partial charge in [0.05, 0.1) is 21.8 Å². The zero-order valence-electron chi connectivity index (χ0n) is 21.7. The molecule has 0 unspecified atom stereocenters. The second kappa shape index (κ2) is 11.0. The third kappa shape index (κ3) is 5.47. The first-order chi connectivity index (χ1) is 18.8. The minimum absolute atomic E-state index is 0.304. The molecule has 0 saturated carbocycles. The Balaban J connectivity index is 1.63. The van der Waals surface area contributed by atoms with Crippen LogP contribution in [0.3, 0.4) is 0 Å². The summed E-state index contributed by atoms with van der Waals surface area (Å²) in [5.41, 5.74) is 6.86. The Morgan fingerprint density at radius 3 is 2.26 bits per heavy atom. The summed E-state index contributed by atoms with van der Waals surface area (Å²) < 4.78 is 7.49. The molecule has 1 heterocycles. The number of para-hydroxylation sites is 1. The highest BCUT2D eigenvalue weighted by Crippen LogP contribution is 2.41. The van der Waals surface area contributed by atoms with Crippen molar-refractivity contribution >= 4 is 29.2 Å². The molecule has 0 aliphatic rings. The standard InChI is InChI=1S/C32H26ClN3O3/c1-20-9-8-11-24(19-20)30-29(32(39-22(3)37)36(35-30)28-14-7-4-10-21(28)2)23-15-17-25(18-16-23)34-31(38)26-12-5-6-13-27(26)33/h4-19H,1-3H3,(H,34,38). The molecule has 0 atom stereocenters. The first-order valence-corrected chi connectivity index (χ1v) is 12.8. The van der Waals surface area contributed by atoms with E-state index in [0.717, 1.165) is 27.9 Å². The van der Waals surface area contributed by atoms with Gasteiger partial charge in [-0.15, -0.1) is 0 Å². The van der Waals surface area contributed by atoms with E-state index in [9.17, 15) is 9.59 Å². The summed E-state index contributed by atoms with van der Waals surface area (Å²) in [4.78, 5) is 25.0. The number of aryl methyl sites for hydroxylation is 2. The summed E-state index contributed by atoms with van der Waals surface area (Å²) in [6.45, 7) is 5.38. The number of aromatic nitrogens is 2. The summed E-state index contributed by atoms with van der Waals surface area (Å²) in [6.07, 6.45) is 0. The van der Waals surface area contributed by atoms with E-state index in [2.05, 4.69) is 5.32 Å². The number of carbonyl (C=O) groups is 2. The molecule has 1 N–H and O–H groups in total. The topological polar surface area (TPSA) is 73.2 Å². The van der Waals surface area contributed by atoms with Gasteiger partial charge in [0.25, 0.3) is 5.91 Å². The molecule has 0 spiro atoms. The van der Waals surface area contributed by atoms with E-state index in [1.807, 2.05) is 74.5 Å². The van der Waals surface area contributed by atoms with Crippen LogP contribution in [0.5, 0.6) is 5.88 Å². The lowest BCUT2D eigenvalue weighted by Gasteiger charge is -2.12. The maximum absolute atomic E-state index is 12.8. The fourth-order valence-corrected chi connectivity index (χ4v) is 4.64. The highest BCUT2D eigenvalue weighted by Gasteiger charge is 2.25. The van der Waals surface area contributed by atoms with Gasteiger partial charge in [0, 0.05) is 18.2 Å². The minimum Gasteiger partial charge on any atom is -0.407 e. The van der Waals surface area contributed by atoms with Crippen LogP contribution in [0, 0.1) is 13.8 Å². The van der Waals surface area contributed by atoms with Crippen molar-refractivity contribution in [1.82, 2.24) is 9.78 Å². The number of rotatable bonds is 6. The smallest absolute Gasteiger partial charge is 0.309 e. The van der Waals surface area contributed by atoms with Gasteiger partial charge in [-0.25, -0.2) is 0 Å². The predicted octanol–water partition coefficient (Wildman–Crippen LogP) is 7.65. The fraction of sp³-hybridized carbons (Fsp3) is 0.0938. The van der Waals surface area contributed by atoms with Crippen LogP contribution in [0.4, 0.5) is 5.69 Å². The quantitative estimate of drug-likeness (QED) is 0.227. The molecule has 7 heteroatoms. The molecule has 1 aromatic heterocycles. The zero-order chi connectivity index (χ0) is 27.5. The number of amides is 1. The van der Waals surface area contributed by atoms with Gasteiger partial charge in [0.15, 0.2) is 0 Å². The van der Waals surface area contributed by atoms with E-state index in [4.69, 9.17) is 21.4 Å². The average molecular weight is 536 g/mol. The van der Waals surface area contributed by atoms with Crippen molar-refractivity contribution in [3.05, 3.63) is 119 Å². The molecule has 0 saturated heterocycles. The lowest BCUT2D eigenvalue weighted by Crippen LogP contribution is -2.12. The van der Waals surface area contributed by atoms with Crippen molar-refractivity contribution in [3.63, 3.8) is 0 Å². The fourth-order valence-electron chi connectivity index (χ4n) is 4.42. The Kier molecular flexibility index (Phi) is 7.30. The molecule has 0 fully saturated rings. The minimum atomic E-state index is -0.453. The lowest BCUT2D eigenvalue weighted by molar-refractivity contribution is -0.132. The van der Waals surface area contributed by atoms with E-state index in [-0.39, 0.29) is 5.91 Å². The molecule has 4 aromatic carbocycles. The third-order valence-electron chi connectivity index (χ3n) is 6.27. The number of ether oxygens (including phenoxy) is 1. The van der Waals surface area contributed by atoms with E-state index in [1.165, 1.54) is 6.92 Å². The van der Waals surface area contributed by atoms with Crippen LogP contribution in [0.1, 0.15) is 28.4 Å². The van der Waals surface area contributed by atoms with Gasteiger partial charge in [0.2, 0.25) is 5.88 Å². The molecule has 39 heavy (non-hydrogen) atoms. The highest BCUT2D eigenvalue weighted by molar-refractivity contribution is 6.34. The first kappa shape index (κ1) is 25.9. The molecule has 194 valence electrons. The summed E-state index contributed by atoms with van der Waals surface area (Å²) >= 11 is 6.19. The number of carbonyl (C=O) groups excluding carboxylic acids is 2. The summed E-state index contributed by atoms with van der Waals surface area (Å²) in [7, 11) is 0. The van der Waals surface area contributed by atoms with Crippen LogP contribution in [0.15, 0.2) is 97.1 Å². The Morgan fingerprint density at radius 2 is 1.56 bits per heavy atom. The Bertz CT molecular complexity index is 1690. The Morgan fingerprint density at radius 1 is 0.846 bits per heavy atom. The van der Waals surface area contributed by atoms with Gasteiger partial charge < -0.3 is 10.1 Å². The van der Waals surface area contributed by atoms with E-state index in [0.29, 0.717) is 33.4 Å². The number of benzene rings is 4. The van der Waals surface area contributed by atoms with E-state index < -0.39 is 5.97 Å². The molecule has 0 radical (unpaired) electrons. The van der Waals surface area contributed by atoms with Gasteiger partial charge in [-0.2, -0.15) is 9.78 Å². The maximum Gasteiger partial charge on any atom is 0.309 e. The largest absolute Gasteiger partial charge is 0.407 e. The van der Waals surface area contributed by atoms with Crippen LogP contribution in [-0.2, 0) is 4.79 Å². The van der Waals surface area contributed by atoms with Gasteiger partial charge in [-0.05, 0) is 61.4 Å². The number of anilines is 1. The lowest BCUT2D eigenvalue weighted by atomic mass is 10.00. The van der Waals surface area contributed by atoms with Crippen molar-refractivity contribution in [1.29, 1.82) is 0 Å². The van der Waals surface area contributed by atoms with Crippen molar-refractivity contribution < 1.29 is 14.3 Å². The highest BCUT2D eigenvalue weighted by atomic mass is 35.5. The van der Waals surface area contributed by atoms with Crippen molar-refractivity contribution in [3.8, 4) is 34.0 Å². The maximum atomic E-state index is 12.8. The zero-order valence-corrected chi connectivity index (χ0v) is 22.5. The molecular formula is C32H26ClN3O3. The summed E-state index contributed by atoms with van der Waals surface area (Å²) in [5.74, 6) is -0.437. The van der Waals surface area contributed by atoms with Gasteiger partial charge in [-0.1, -0.05) is 77.8 Å².